The SMILES string of the molecule is Cc1ccc(Oc2ccc(Br)cc2Br)c(C(N)=S)c1. The molecule has 2 aromatic rings. The Labute approximate surface area is 134 Å². The molecule has 2 aromatic carbocycles. The van der Waals surface area contributed by atoms with Gasteiger partial charge in [0.1, 0.15) is 16.5 Å². The zero-order valence-electron chi connectivity index (χ0n) is 10.1. The van der Waals surface area contributed by atoms with E-state index in [1.54, 1.807) is 0 Å². The molecule has 0 saturated heterocycles. The van der Waals surface area contributed by atoms with E-state index in [1.165, 1.54) is 0 Å². The van der Waals surface area contributed by atoms with Crippen molar-refractivity contribution < 1.29 is 4.74 Å². The van der Waals surface area contributed by atoms with Gasteiger partial charge in [-0.25, -0.2) is 0 Å². The maximum absolute atomic E-state index is 5.88. The zero-order chi connectivity index (χ0) is 14.0. The second-order valence-corrected chi connectivity index (χ2v) is 6.25. The summed E-state index contributed by atoms with van der Waals surface area (Å²) in [6, 6.07) is 11.5. The molecule has 0 atom stereocenters. The number of aryl methyl sites for hydroxylation is 1. The summed E-state index contributed by atoms with van der Waals surface area (Å²) in [6.07, 6.45) is 0. The highest BCUT2D eigenvalue weighted by molar-refractivity contribution is 9.11. The summed E-state index contributed by atoms with van der Waals surface area (Å²) >= 11 is 11.9. The Morgan fingerprint density at radius 1 is 1.11 bits per heavy atom. The van der Waals surface area contributed by atoms with Gasteiger partial charge in [0.05, 0.1) is 10.0 Å². The summed E-state index contributed by atoms with van der Waals surface area (Å²) in [5.74, 6) is 1.37. The molecule has 0 unspecified atom stereocenters. The van der Waals surface area contributed by atoms with Gasteiger partial charge in [-0.2, -0.15) is 0 Å². The zero-order valence-corrected chi connectivity index (χ0v) is 14.1. The van der Waals surface area contributed by atoms with Gasteiger partial charge in [0, 0.05) is 4.47 Å². The molecule has 0 heterocycles. The van der Waals surface area contributed by atoms with Gasteiger partial charge in [-0.3, -0.25) is 0 Å². The molecule has 0 spiro atoms. The Morgan fingerprint density at radius 2 is 1.79 bits per heavy atom. The number of thiocarbonyl (C=S) groups is 1. The summed E-state index contributed by atoms with van der Waals surface area (Å²) in [6.45, 7) is 1.99. The van der Waals surface area contributed by atoms with Gasteiger partial charge < -0.3 is 10.5 Å². The Morgan fingerprint density at radius 3 is 2.42 bits per heavy atom. The number of ether oxygens (including phenoxy) is 1. The molecule has 2 N–H and O–H groups in total. The molecule has 19 heavy (non-hydrogen) atoms. The lowest BCUT2D eigenvalue weighted by Gasteiger charge is -2.12. The molecule has 0 aliphatic carbocycles. The molecular weight excluding hydrogens is 390 g/mol. The minimum atomic E-state index is 0.326. The van der Waals surface area contributed by atoms with Gasteiger partial charge in [0.2, 0.25) is 0 Å². The first-order valence-corrected chi connectivity index (χ1v) is 7.50. The van der Waals surface area contributed by atoms with Crippen molar-refractivity contribution in [2.45, 2.75) is 6.92 Å². The Hall–Kier alpha value is -0.910. The van der Waals surface area contributed by atoms with Crippen LogP contribution in [0.3, 0.4) is 0 Å². The van der Waals surface area contributed by atoms with Crippen LogP contribution in [0.15, 0.2) is 45.3 Å². The van der Waals surface area contributed by atoms with Crippen LogP contribution in [-0.2, 0) is 0 Å². The van der Waals surface area contributed by atoms with Crippen LogP contribution in [0.4, 0.5) is 0 Å². The lowest BCUT2D eigenvalue weighted by Crippen LogP contribution is -2.11. The van der Waals surface area contributed by atoms with Crippen LogP contribution >= 0.6 is 44.1 Å². The molecule has 0 amide bonds. The number of rotatable bonds is 3. The van der Waals surface area contributed by atoms with E-state index >= 15 is 0 Å². The summed E-state index contributed by atoms with van der Waals surface area (Å²) in [5.41, 5.74) is 7.56. The van der Waals surface area contributed by atoms with Crippen molar-refractivity contribution in [1.29, 1.82) is 0 Å². The fraction of sp³-hybridized carbons (Fsp3) is 0.0714. The van der Waals surface area contributed by atoms with E-state index in [2.05, 4.69) is 31.9 Å². The molecule has 0 saturated carbocycles. The third-order valence-corrected chi connectivity index (χ3v) is 3.85. The molecule has 2 nitrogen and oxygen atoms in total. The molecule has 98 valence electrons. The summed E-state index contributed by atoms with van der Waals surface area (Å²) < 4.78 is 7.71. The van der Waals surface area contributed by atoms with Gasteiger partial charge in [-0.05, 0) is 53.2 Å². The quantitative estimate of drug-likeness (QED) is 0.740. The van der Waals surface area contributed by atoms with E-state index in [0.717, 1.165) is 20.1 Å². The minimum absolute atomic E-state index is 0.326. The van der Waals surface area contributed by atoms with Gasteiger partial charge in [-0.1, -0.05) is 39.8 Å². The first-order chi connectivity index (χ1) is 8.97. The van der Waals surface area contributed by atoms with Crippen LogP contribution < -0.4 is 10.5 Å². The maximum atomic E-state index is 5.88. The third kappa shape index (κ3) is 3.55. The Bertz CT molecular complexity index is 643. The van der Waals surface area contributed by atoms with Gasteiger partial charge in [0.15, 0.2) is 0 Å². The second-order valence-electron chi connectivity index (χ2n) is 4.04. The largest absolute Gasteiger partial charge is 0.455 e. The van der Waals surface area contributed by atoms with E-state index in [4.69, 9.17) is 22.7 Å². The van der Waals surface area contributed by atoms with Crippen molar-refractivity contribution in [2.24, 2.45) is 5.73 Å². The monoisotopic (exact) mass is 399 g/mol. The van der Waals surface area contributed by atoms with Crippen molar-refractivity contribution >= 4 is 49.1 Å². The molecule has 0 bridgehead atoms. The number of hydrogen-bond acceptors (Lipinski definition) is 2. The smallest absolute Gasteiger partial charge is 0.141 e. The second kappa shape index (κ2) is 6.03. The van der Waals surface area contributed by atoms with Gasteiger partial charge >= 0.3 is 0 Å². The fourth-order valence-corrected chi connectivity index (χ4v) is 2.89. The van der Waals surface area contributed by atoms with Crippen LogP contribution in [0.2, 0.25) is 0 Å². The topological polar surface area (TPSA) is 35.2 Å². The molecule has 0 fully saturated rings. The van der Waals surface area contributed by atoms with Crippen molar-refractivity contribution in [2.75, 3.05) is 0 Å². The minimum Gasteiger partial charge on any atom is -0.455 e. The van der Waals surface area contributed by atoms with Crippen LogP contribution in [-0.4, -0.2) is 4.99 Å². The van der Waals surface area contributed by atoms with Crippen molar-refractivity contribution in [1.82, 2.24) is 0 Å². The number of hydrogen-bond donors (Lipinski definition) is 1. The molecular formula is C14H11Br2NOS. The summed E-state index contributed by atoms with van der Waals surface area (Å²) in [5, 5.41) is 0. The van der Waals surface area contributed by atoms with Crippen LogP contribution in [0.25, 0.3) is 0 Å². The van der Waals surface area contributed by atoms with Crippen molar-refractivity contribution in [3.05, 3.63) is 56.5 Å². The number of benzene rings is 2. The molecule has 0 aromatic heterocycles. The fourth-order valence-electron chi connectivity index (χ4n) is 1.60. The highest BCUT2D eigenvalue weighted by Gasteiger charge is 2.10. The van der Waals surface area contributed by atoms with E-state index < -0.39 is 0 Å². The lowest BCUT2D eigenvalue weighted by molar-refractivity contribution is 0.478. The van der Waals surface area contributed by atoms with Crippen LogP contribution in [0, 0.1) is 6.92 Å². The lowest BCUT2D eigenvalue weighted by atomic mass is 10.1. The number of halogens is 2. The average molecular weight is 401 g/mol. The first kappa shape index (κ1) is 14.5. The molecule has 5 heteroatoms. The Balaban J connectivity index is 2.40. The predicted molar refractivity (Wildman–Crippen MR) is 89.0 cm³/mol. The summed E-state index contributed by atoms with van der Waals surface area (Å²) in [4.78, 5) is 0.326. The summed E-state index contributed by atoms with van der Waals surface area (Å²) in [7, 11) is 0. The standard InChI is InChI=1S/C14H11Br2NOS/c1-8-2-4-12(10(6-8)14(17)19)18-13-5-3-9(15)7-11(13)16/h2-7H,1H3,(H2,17,19). The van der Waals surface area contributed by atoms with E-state index in [-0.39, 0.29) is 0 Å². The van der Waals surface area contributed by atoms with E-state index in [0.29, 0.717) is 16.5 Å². The first-order valence-electron chi connectivity index (χ1n) is 5.51. The van der Waals surface area contributed by atoms with Crippen molar-refractivity contribution in [3.63, 3.8) is 0 Å². The van der Waals surface area contributed by atoms with Crippen LogP contribution in [0.1, 0.15) is 11.1 Å². The highest BCUT2D eigenvalue weighted by atomic mass is 79.9. The Kier molecular flexibility index (Phi) is 4.60. The molecule has 0 radical (unpaired) electrons. The van der Waals surface area contributed by atoms with E-state index in [9.17, 15) is 0 Å². The maximum Gasteiger partial charge on any atom is 0.141 e. The molecule has 0 aliphatic rings. The van der Waals surface area contributed by atoms with Crippen LogP contribution in [0.5, 0.6) is 11.5 Å². The van der Waals surface area contributed by atoms with E-state index in [1.807, 2.05) is 43.3 Å². The number of nitrogens with two attached hydrogens (primary N) is 1. The molecule has 2 rings (SSSR count). The normalized spacial score (nSPS) is 10.3. The average Bonchev–Trinajstić information content (AvgIpc) is 2.34. The predicted octanol–water partition coefficient (Wildman–Crippen LogP) is 4.95. The van der Waals surface area contributed by atoms with Gasteiger partial charge in [0.25, 0.3) is 0 Å². The highest BCUT2D eigenvalue weighted by Crippen LogP contribution is 2.33. The third-order valence-electron chi connectivity index (χ3n) is 2.51. The van der Waals surface area contributed by atoms with Crippen molar-refractivity contribution in [3.8, 4) is 11.5 Å². The van der Waals surface area contributed by atoms with Gasteiger partial charge in [-0.15, -0.1) is 0 Å². The molecule has 0 aliphatic heterocycles.